The number of rotatable bonds is 5. The highest BCUT2D eigenvalue weighted by molar-refractivity contribution is 14.0. The maximum absolute atomic E-state index is 11.2. The molecule has 120 valence electrons. The predicted molar refractivity (Wildman–Crippen MR) is 99.7 cm³/mol. The number of nitrogens with two attached hydrogens (primary N) is 2. The Labute approximate surface area is 150 Å². The molecule has 5 N–H and O–H groups in total. The average molecular weight is 452 g/mol. The Morgan fingerprint density at radius 1 is 1.18 bits per heavy atom. The summed E-state index contributed by atoms with van der Waals surface area (Å²) in [6.45, 7) is 0.900. The van der Waals surface area contributed by atoms with Gasteiger partial charge in [0.25, 0.3) is 0 Å². The average Bonchev–Trinajstić information content (AvgIpc) is 2.93. The Hall–Kier alpha value is -1.17. The Morgan fingerprint density at radius 3 is 2.45 bits per heavy atom. The van der Waals surface area contributed by atoms with Crippen molar-refractivity contribution in [3.8, 4) is 0 Å². The molecular weight excluding hydrogens is 435 g/mol. The van der Waals surface area contributed by atoms with Crippen LogP contribution in [0.25, 0.3) is 0 Å². The number of hydrogen-bond donors (Lipinski definition) is 3. The molecular formula is C13H17IN4O2S2. The van der Waals surface area contributed by atoms with Crippen molar-refractivity contribution in [3.63, 3.8) is 0 Å². The molecule has 0 aliphatic carbocycles. The van der Waals surface area contributed by atoms with Crippen LogP contribution in [0.3, 0.4) is 0 Å². The number of thiophene rings is 1. The zero-order valence-electron chi connectivity index (χ0n) is 11.6. The van der Waals surface area contributed by atoms with Gasteiger partial charge in [-0.2, -0.15) is 0 Å². The first kappa shape index (κ1) is 18.9. The number of halogens is 1. The van der Waals surface area contributed by atoms with Crippen LogP contribution in [-0.4, -0.2) is 14.4 Å². The van der Waals surface area contributed by atoms with E-state index in [-0.39, 0.29) is 28.2 Å². The van der Waals surface area contributed by atoms with Crippen LogP contribution in [0.1, 0.15) is 10.4 Å². The Bertz CT molecular complexity index is 730. The summed E-state index contributed by atoms with van der Waals surface area (Å²) in [5, 5.41) is 7.99. The van der Waals surface area contributed by atoms with Gasteiger partial charge in [-0.05, 0) is 17.7 Å². The van der Waals surface area contributed by atoms with Gasteiger partial charge in [-0.15, -0.1) is 35.3 Å². The summed E-state index contributed by atoms with van der Waals surface area (Å²) < 4.78 is 22.5. The molecule has 22 heavy (non-hydrogen) atoms. The molecule has 0 aliphatic rings. The molecule has 1 aromatic carbocycles. The highest BCUT2D eigenvalue weighted by atomic mass is 127. The van der Waals surface area contributed by atoms with Crippen molar-refractivity contribution in [3.05, 3.63) is 52.9 Å². The van der Waals surface area contributed by atoms with Crippen LogP contribution in [0.5, 0.6) is 0 Å². The Morgan fingerprint density at radius 2 is 1.86 bits per heavy atom. The van der Waals surface area contributed by atoms with Gasteiger partial charge in [-0.25, -0.2) is 18.5 Å². The minimum Gasteiger partial charge on any atom is -0.370 e. The van der Waals surface area contributed by atoms with Gasteiger partial charge in [0.05, 0.1) is 13.1 Å². The van der Waals surface area contributed by atoms with Crippen molar-refractivity contribution in [2.45, 2.75) is 17.3 Å². The third-order valence-corrected chi connectivity index (χ3v) is 5.16. The van der Waals surface area contributed by atoms with Crippen LogP contribution < -0.4 is 16.2 Å². The molecule has 2 rings (SSSR count). The number of nitrogens with one attached hydrogen (secondary N) is 1. The number of benzene rings is 1. The maximum Gasteiger partial charge on any atom is 0.247 e. The summed E-state index contributed by atoms with van der Waals surface area (Å²) in [4.78, 5) is 5.03. The largest absolute Gasteiger partial charge is 0.370 e. The molecule has 9 heteroatoms. The second-order valence-electron chi connectivity index (χ2n) is 4.31. The van der Waals surface area contributed by atoms with E-state index in [0.29, 0.717) is 19.0 Å². The van der Waals surface area contributed by atoms with Crippen LogP contribution in [0.2, 0.25) is 0 Å². The number of sulfonamides is 1. The number of guanidine groups is 1. The molecule has 0 amide bonds. The van der Waals surface area contributed by atoms with Gasteiger partial charge in [-0.1, -0.05) is 30.3 Å². The molecule has 0 spiro atoms. The lowest BCUT2D eigenvalue weighted by molar-refractivity contribution is 0.600. The molecule has 0 saturated carbocycles. The Balaban J connectivity index is 0.00000242. The molecule has 6 nitrogen and oxygen atoms in total. The highest BCUT2D eigenvalue weighted by Crippen LogP contribution is 2.19. The number of hydrogen-bond acceptors (Lipinski definition) is 4. The Kier molecular flexibility index (Phi) is 7.26. The summed E-state index contributed by atoms with van der Waals surface area (Å²) in [5.41, 5.74) is 6.83. The van der Waals surface area contributed by atoms with E-state index in [4.69, 9.17) is 10.9 Å². The van der Waals surface area contributed by atoms with Gasteiger partial charge in [0, 0.05) is 4.88 Å². The maximum atomic E-state index is 11.2. The van der Waals surface area contributed by atoms with Gasteiger partial charge in [0.15, 0.2) is 5.96 Å². The van der Waals surface area contributed by atoms with E-state index >= 15 is 0 Å². The zero-order chi connectivity index (χ0) is 15.3. The summed E-state index contributed by atoms with van der Waals surface area (Å²) >= 11 is 1.11. The fraction of sp³-hybridized carbons (Fsp3) is 0.154. The first-order valence-corrected chi connectivity index (χ1v) is 8.50. The van der Waals surface area contributed by atoms with E-state index in [1.807, 2.05) is 30.3 Å². The molecule has 2 aromatic rings. The lowest BCUT2D eigenvalue weighted by Gasteiger charge is -2.04. The van der Waals surface area contributed by atoms with Crippen LogP contribution in [0.4, 0.5) is 0 Å². The number of nitrogens with zero attached hydrogens (tertiary/aromatic N) is 1. The molecule has 0 fully saturated rings. The fourth-order valence-corrected chi connectivity index (χ4v) is 3.32. The monoisotopic (exact) mass is 452 g/mol. The smallest absolute Gasteiger partial charge is 0.247 e. The van der Waals surface area contributed by atoms with Crippen LogP contribution in [0.15, 0.2) is 51.7 Å². The van der Waals surface area contributed by atoms with Crippen molar-refractivity contribution in [1.29, 1.82) is 0 Å². The molecule has 0 unspecified atom stereocenters. The van der Waals surface area contributed by atoms with Gasteiger partial charge in [-0.3, -0.25) is 0 Å². The standard InChI is InChI=1S/C13H16N4O2S2.HI/c14-13(16-8-10-4-2-1-3-5-10)17-9-11-6-7-12(20-11)21(15,18)19;/h1-7H,8-9H2,(H3,14,16,17)(H2,15,18,19);1H. The van der Waals surface area contributed by atoms with Crippen LogP contribution in [-0.2, 0) is 23.1 Å². The number of aliphatic imine (C=N–C) groups is 1. The van der Waals surface area contributed by atoms with Crippen LogP contribution >= 0.6 is 35.3 Å². The van der Waals surface area contributed by atoms with Crippen LogP contribution in [0, 0.1) is 0 Å². The topological polar surface area (TPSA) is 111 Å². The zero-order valence-corrected chi connectivity index (χ0v) is 15.6. The normalized spacial score (nSPS) is 11.8. The van der Waals surface area contributed by atoms with E-state index in [2.05, 4.69) is 10.3 Å². The van der Waals surface area contributed by atoms with Crippen molar-refractivity contribution in [2.75, 3.05) is 0 Å². The van der Waals surface area contributed by atoms with Gasteiger partial charge in [0.1, 0.15) is 4.21 Å². The SMILES string of the molecule is I.NC(=NCc1ccccc1)NCc1ccc(S(N)(=O)=O)s1. The first-order chi connectivity index (χ1) is 9.95. The molecule has 0 saturated heterocycles. The second-order valence-corrected chi connectivity index (χ2v) is 7.26. The fourth-order valence-electron chi connectivity index (χ4n) is 1.60. The third kappa shape index (κ3) is 5.91. The lowest BCUT2D eigenvalue weighted by atomic mass is 10.2. The molecule has 0 atom stereocenters. The molecule has 1 aromatic heterocycles. The van der Waals surface area contributed by atoms with E-state index < -0.39 is 10.0 Å². The quantitative estimate of drug-likeness (QED) is 0.364. The molecule has 0 aliphatic heterocycles. The lowest BCUT2D eigenvalue weighted by Crippen LogP contribution is -2.30. The first-order valence-electron chi connectivity index (χ1n) is 6.14. The third-order valence-electron chi connectivity index (χ3n) is 2.64. The van der Waals surface area contributed by atoms with Gasteiger partial charge < -0.3 is 11.1 Å². The second kappa shape index (κ2) is 8.46. The van der Waals surface area contributed by atoms with Crippen molar-refractivity contribution >= 4 is 51.3 Å². The molecule has 0 bridgehead atoms. The van der Waals surface area contributed by atoms with Gasteiger partial charge in [0.2, 0.25) is 10.0 Å². The molecule has 1 heterocycles. The van der Waals surface area contributed by atoms with E-state index in [0.717, 1.165) is 21.8 Å². The summed E-state index contributed by atoms with van der Waals surface area (Å²) in [6, 6.07) is 12.9. The summed E-state index contributed by atoms with van der Waals surface area (Å²) in [5.74, 6) is 0.310. The highest BCUT2D eigenvalue weighted by Gasteiger charge is 2.10. The summed E-state index contributed by atoms with van der Waals surface area (Å²) in [6.07, 6.45) is 0. The van der Waals surface area contributed by atoms with E-state index in [1.54, 1.807) is 6.07 Å². The van der Waals surface area contributed by atoms with Crippen molar-refractivity contribution in [1.82, 2.24) is 5.32 Å². The minimum absolute atomic E-state index is 0. The van der Waals surface area contributed by atoms with Crippen molar-refractivity contribution in [2.24, 2.45) is 15.9 Å². The van der Waals surface area contributed by atoms with Crippen molar-refractivity contribution < 1.29 is 8.42 Å². The summed E-state index contributed by atoms with van der Waals surface area (Å²) in [7, 11) is -3.64. The van der Waals surface area contributed by atoms with E-state index in [9.17, 15) is 8.42 Å². The van der Waals surface area contributed by atoms with E-state index in [1.165, 1.54) is 6.07 Å². The van der Waals surface area contributed by atoms with Gasteiger partial charge >= 0.3 is 0 Å². The minimum atomic E-state index is -3.64. The number of primary sulfonamides is 1. The molecule has 0 radical (unpaired) electrons. The predicted octanol–water partition coefficient (Wildman–Crippen LogP) is 1.62.